The Morgan fingerprint density at radius 3 is 0.766 bits per heavy atom. The summed E-state index contributed by atoms with van der Waals surface area (Å²) in [6.07, 6.45) is 19.1. The fourth-order valence-electron chi connectivity index (χ4n) is 2.97. The van der Waals surface area contributed by atoms with Crippen molar-refractivity contribution in [3.05, 3.63) is 198 Å². The first kappa shape index (κ1) is 107. The van der Waals surface area contributed by atoms with E-state index in [1.165, 1.54) is 16.7 Å². The van der Waals surface area contributed by atoms with Crippen LogP contribution in [0, 0.1) is 48.5 Å². The van der Waals surface area contributed by atoms with Crippen molar-refractivity contribution in [2.75, 3.05) is 0 Å². The van der Waals surface area contributed by atoms with Gasteiger partial charge in [0.25, 0.3) is 0 Å². The van der Waals surface area contributed by atoms with Crippen molar-refractivity contribution in [3.63, 3.8) is 0 Å². The number of nitrogens with zero attached hydrogens (tertiary/aromatic N) is 9. The van der Waals surface area contributed by atoms with Crippen LogP contribution < -0.4 is 0 Å². The molecule has 0 atom stereocenters. The number of aromatic nitrogens is 9. The first-order chi connectivity index (χ1) is 37.8. The molecule has 0 N–H and O–H groups in total. The quantitative estimate of drug-likeness (QED) is 0.146. The van der Waals surface area contributed by atoms with E-state index < -0.39 is 0 Å². The Bertz CT molecular complexity index is 1320. The molecule has 0 spiro atoms. The van der Waals surface area contributed by atoms with E-state index in [-0.39, 0.29) is 0 Å². The van der Waals surface area contributed by atoms with Crippen molar-refractivity contribution in [1.82, 2.24) is 45.3 Å². The van der Waals surface area contributed by atoms with Crippen LogP contribution in [0.3, 0.4) is 0 Å². The van der Waals surface area contributed by atoms with Gasteiger partial charge >= 0.3 is 0 Å². The number of hydrogen-bond donors (Lipinski definition) is 0. The summed E-state index contributed by atoms with van der Waals surface area (Å²) in [6.45, 7) is 69.9. The Morgan fingerprint density at radius 2 is 0.584 bits per heavy atom. The fourth-order valence-corrected chi connectivity index (χ4v) is 2.97. The van der Waals surface area contributed by atoms with Crippen molar-refractivity contribution in [2.24, 2.45) is 0 Å². The van der Waals surface area contributed by atoms with E-state index in [1.54, 1.807) is 62.0 Å². The summed E-state index contributed by atoms with van der Waals surface area (Å²) in [6, 6.07) is 29.7. The van der Waals surface area contributed by atoms with Gasteiger partial charge < -0.3 is 0 Å². The molecule has 7 rings (SSSR count). The second-order valence-electron chi connectivity index (χ2n) is 10.3. The monoisotopic (exact) mass is 1070 g/mol. The number of benzene rings is 1. The zero-order valence-corrected chi connectivity index (χ0v) is 57.5. The maximum atomic E-state index is 3.98. The highest BCUT2D eigenvalue weighted by molar-refractivity contribution is 5.12. The highest BCUT2D eigenvalue weighted by atomic mass is 15.1. The third-order valence-electron chi connectivity index (χ3n) is 5.54. The summed E-state index contributed by atoms with van der Waals surface area (Å²) in [7, 11) is 0. The number of pyridine rings is 3. The SMILES string of the molecule is CC.CC.CC.CC.CC.CC.CC.CC.CC.CC.CC.CC.CC.CC.Cc1ccccc1.Cc1ccccn1.Cc1cccnc1.Cc1cccnn1.Cc1ccncc1.Cc1ccnnc1.Cc1cnccn1. The predicted octanol–water partition coefficient (Wildman–Crippen LogP) is 22.9. The van der Waals surface area contributed by atoms with E-state index in [1.807, 2.05) is 320 Å². The summed E-state index contributed by atoms with van der Waals surface area (Å²) < 4.78 is 0. The second-order valence-corrected chi connectivity index (χ2v) is 10.3. The van der Waals surface area contributed by atoms with E-state index in [9.17, 15) is 0 Å². The van der Waals surface area contributed by atoms with Crippen LogP contribution in [0.4, 0.5) is 0 Å². The zero-order valence-electron chi connectivity index (χ0n) is 57.5. The minimum absolute atomic E-state index is 0.961. The van der Waals surface area contributed by atoms with Crippen LogP contribution in [0.25, 0.3) is 0 Å². The molecular weight excluding hydrogens is 943 g/mol. The van der Waals surface area contributed by atoms with E-state index in [0.29, 0.717) is 0 Å². The smallest absolute Gasteiger partial charge is 0.0600 e. The third-order valence-corrected chi connectivity index (χ3v) is 5.54. The Hall–Kier alpha value is -6.09. The van der Waals surface area contributed by atoms with Crippen LogP contribution in [0.1, 0.15) is 233 Å². The molecule has 7 aromatic rings. The van der Waals surface area contributed by atoms with Gasteiger partial charge in [-0.05, 0) is 114 Å². The van der Waals surface area contributed by atoms with E-state index in [4.69, 9.17) is 0 Å². The standard InChI is InChI=1S/C7H8.3C6H7N.3C5H6N2.14C2H6/c1-7-5-3-2-4-6-7;1-6-2-4-7-5-3-6;1-6-3-2-4-7-5-6;1-6-4-2-3-5-7-6;1-5-4-6-2-3-7-5;1-5-2-3-6-7-4-5;1-5-3-2-4-6-7-5;14*1-2/h2-6H,1H3;3*2-5H,1H3;3*2-4H,1H3;14*1-2H3. The molecule has 0 saturated heterocycles. The molecule has 6 heterocycles. The fraction of sp³-hybridized carbons (Fsp3) is 0.515. The van der Waals surface area contributed by atoms with Crippen molar-refractivity contribution in [2.45, 2.75) is 242 Å². The van der Waals surface area contributed by atoms with Crippen LogP contribution in [0.2, 0.25) is 0 Å². The minimum atomic E-state index is 0.961. The van der Waals surface area contributed by atoms with Gasteiger partial charge in [0.05, 0.1) is 17.6 Å². The van der Waals surface area contributed by atoms with Gasteiger partial charge in [0.15, 0.2) is 0 Å². The summed E-state index contributed by atoms with van der Waals surface area (Å²) >= 11 is 0. The molecule has 0 aliphatic rings. The van der Waals surface area contributed by atoms with E-state index in [0.717, 1.165) is 22.6 Å². The zero-order chi connectivity index (χ0) is 63.8. The van der Waals surface area contributed by atoms with Gasteiger partial charge in [0, 0.05) is 67.7 Å². The average Bonchev–Trinajstić information content (AvgIpc) is 3.54. The summed E-state index contributed by atoms with van der Waals surface area (Å²) in [4.78, 5) is 19.4. The van der Waals surface area contributed by atoms with Crippen molar-refractivity contribution in [1.29, 1.82) is 0 Å². The largest absolute Gasteiger partial charge is 0.265 e. The number of rotatable bonds is 0. The maximum absolute atomic E-state index is 3.98. The van der Waals surface area contributed by atoms with Crippen LogP contribution in [-0.2, 0) is 0 Å². The molecule has 9 nitrogen and oxygen atoms in total. The van der Waals surface area contributed by atoms with Gasteiger partial charge in [-0.15, -0.1) is 0 Å². The van der Waals surface area contributed by atoms with Crippen molar-refractivity contribution in [3.8, 4) is 0 Å². The molecule has 448 valence electrons. The molecule has 6 aromatic heterocycles. The van der Waals surface area contributed by atoms with E-state index in [2.05, 4.69) is 64.4 Å². The Balaban J connectivity index is -0.0000000465. The second kappa shape index (κ2) is 133. The molecule has 0 unspecified atom stereocenters. The third kappa shape index (κ3) is 129. The van der Waals surface area contributed by atoms with Crippen LogP contribution in [0.5, 0.6) is 0 Å². The van der Waals surface area contributed by atoms with Gasteiger partial charge in [-0.1, -0.05) is 242 Å². The lowest BCUT2D eigenvalue weighted by Gasteiger charge is -1.82. The molecular formula is C68H131N9. The summed E-state index contributed by atoms with van der Waals surface area (Å²) in [5, 5.41) is 14.6. The molecule has 9 heteroatoms. The van der Waals surface area contributed by atoms with E-state index >= 15 is 0 Å². The average molecular weight is 1070 g/mol. The number of hydrogen-bond acceptors (Lipinski definition) is 9. The van der Waals surface area contributed by atoms with Gasteiger partial charge in [0.2, 0.25) is 0 Å². The van der Waals surface area contributed by atoms with Crippen LogP contribution >= 0.6 is 0 Å². The topological polar surface area (TPSA) is 116 Å². The molecule has 0 saturated carbocycles. The maximum Gasteiger partial charge on any atom is 0.0600 e. The molecule has 77 heavy (non-hydrogen) atoms. The lowest BCUT2D eigenvalue weighted by molar-refractivity contribution is 0.980. The molecule has 0 aliphatic heterocycles. The molecule has 1 aromatic carbocycles. The molecule has 0 amide bonds. The van der Waals surface area contributed by atoms with Crippen LogP contribution in [0.15, 0.2) is 159 Å². The molecule has 0 bridgehead atoms. The van der Waals surface area contributed by atoms with Crippen LogP contribution in [-0.4, -0.2) is 45.3 Å². The highest BCUT2D eigenvalue weighted by Gasteiger charge is 1.77. The van der Waals surface area contributed by atoms with Gasteiger partial charge in [0.1, 0.15) is 0 Å². The lowest BCUT2D eigenvalue weighted by Crippen LogP contribution is -1.79. The van der Waals surface area contributed by atoms with Gasteiger partial charge in [-0.3, -0.25) is 24.9 Å². The first-order valence-corrected chi connectivity index (χ1v) is 29.6. The minimum Gasteiger partial charge on any atom is -0.265 e. The Kier molecular flexibility index (Phi) is 185. The molecule has 0 radical (unpaired) electrons. The van der Waals surface area contributed by atoms with Crippen molar-refractivity contribution >= 4 is 0 Å². The molecule has 0 aliphatic carbocycles. The molecule has 0 fully saturated rings. The van der Waals surface area contributed by atoms with Gasteiger partial charge in [-0.2, -0.15) is 20.4 Å². The Morgan fingerprint density at radius 1 is 0.208 bits per heavy atom. The number of aryl methyl sites for hydroxylation is 7. The van der Waals surface area contributed by atoms with Gasteiger partial charge in [-0.25, -0.2) is 0 Å². The summed E-state index contributed by atoms with van der Waals surface area (Å²) in [5.74, 6) is 0. The van der Waals surface area contributed by atoms with Crippen molar-refractivity contribution < 1.29 is 0 Å². The predicted molar refractivity (Wildman–Crippen MR) is 357 cm³/mol. The summed E-state index contributed by atoms with van der Waals surface area (Å²) in [5.41, 5.74) is 7.93. The normalized spacial score (nSPS) is 6.64. The highest BCUT2D eigenvalue weighted by Crippen LogP contribution is 1.92. The lowest BCUT2D eigenvalue weighted by atomic mass is 10.2. The Labute approximate surface area is 484 Å². The first-order valence-electron chi connectivity index (χ1n) is 29.6.